The number of hydrogen-bond donors (Lipinski definition) is 4. The Morgan fingerprint density at radius 2 is 1.31 bits per heavy atom. The van der Waals surface area contributed by atoms with Crippen LogP contribution in [0, 0.1) is 0 Å². The van der Waals surface area contributed by atoms with Crippen molar-refractivity contribution in [3.63, 3.8) is 0 Å². The molecule has 3 N–H and O–H groups in total. The number of hydrogen-bond acceptors (Lipinski definition) is 3. The number of nitrogens with two attached hydrogens (primary N) is 1. The van der Waals surface area contributed by atoms with E-state index in [0.717, 1.165) is 0 Å². The van der Waals surface area contributed by atoms with Crippen LogP contribution in [-0.4, -0.2) is 42.1 Å². The average molecular weight is 269 g/mol. The fourth-order valence-corrected chi connectivity index (χ4v) is 0.671. The number of carbonyl (C=O) groups excluding carboxylic acids is 2. The number of thiol groups is 2. The van der Waals surface area contributed by atoms with Crippen molar-refractivity contribution in [1.29, 1.82) is 0 Å². The summed E-state index contributed by atoms with van der Waals surface area (Å²) in [6.07, 6.45) is 0. The summed E-state index contributed by atoms with van der Waals surface area (Å²) in [5, 5.41) is 1.31. The van der Waals surface area contributed by atoms with Gasteiger partial charge in [0, 0.05) is 7.05 Å². The second kappa shape index (κ2) is 17.0. The zero-order valence-electron chi connectivity index (χ0n) is 10.4. The topological polar surface area (TPSA) is 75.4 Å². The molecule has 0 aliphatic heterocycles. The molecule has 7 heteroatoms. The molecule has 16 heavy (non-hydrogen) atoms. The number of carbonyl (C=O) groups is 2. The Hall–Kier alpha value is -0.400. The molecular formula is C9H23N3O2S2. The molecule has 0 saturated heterocycles. The minimum Gasteiger partial charge on any atom is -0.361 e. The van der Waals surface area contributed by atoms with Gasteiger partial charge in [-0.05, 0) is 19.6 Å². The molecule has 0 rings (SSSR count). The third-order valence-electron chi connectivity index (χ3n) is 1.56. The Labute approximate surface area is 109 Å². The van der Waals surface area contributed by atoms with Crippen molar-refractivity contribution in [1.82, 2.24) is 10.2 Å². The molecular weight excluding hydrogens is 246 g/mol. The highest BCUT2D eigenvalue weighted by Crippen LogP contribution is 1.81. The predicted octanol–water partition coefficient (Wildman–Crippen LogP) is 1.60. The van der Waals surface area contributed by atoms with Crippen molar-refractivity contribution < 1.29 is 9.59 Å². The van der Waals surface area contributed by atoms with Gasteiger partial charge in [-0.2, -0.15) is 0 Å². The van der Waals surface area contributed by atoms with Crippen molar-refractivity contribution >= 4 is 35.7 Å². The van der Waals surface area contributed by atoms with Crippen LogP contribution in [0.4, 0.5) is 9.59 Å². The van der Waals surface area contributed by atoms with Gasteiger partial charge in [0.2, 0.25) is 0 Å². The lowest BCUT2D eigenvalue weighted by molar-refractivity contribution is 0.262. The third kappa shape index (κ3) is 37.4. The van der Waals surface area contributed by atoms with Crippen LogP contribution in [0.1, 0.15) is 20.8 Å². The van der Waals surface area contributed by atoms with Gasteiger partial charge in [-0.1, -0.05) is 46.0 Å². The molecule has 0 aromatic heterocycles. The minimum atomic E-state index is -0.639. The Balaban J connectivity index is -0.000000166. The van der Waals surface area contributed by atoms with E-state index in [2.05, 4.69) is 62.0 Å². The van der Waals surface area contributed by atoms with E-state index in [1.54, 1.807) is 0 Å². The van der Waals surface area contributed by atoms with Gasteiger partial charge in [-0.25, -0.2) is 0 Å². The van der Waals surface area contributed by atoms with Gasteiger partial charge < -0.3 is 16.0 Å². The van der Waals surface area contributed by atoms with Crippen LogP contribution in [0.2, 0.25) is 0 Å². The van der Waals surface area contributed by atoms with E-state index in [0.29, 0.717) is 0 Å². The third-order valence-corrected chi connectivity index (χ3v) is 1.78. The number of amides is 2. The summed E-state index contributed by atoms with van der Waals surface area (Å²) < 4.78 is 0. The van der Waals surface area contributed by atoms with Gasteiger partial charge in [-0.3, -0.25) is 9.59 Å². The molecule has 0 aliphatic carbocycles. The van der Waals surface area contributed by atoms with Crippen LogP contribution in [0.25, 0.3) is 0 Å². The Morgan fingerprint density at radius 3 is 1.31 bits per heavy atom. The molecule has 0 aliphatic rings. The predicted molar refractivity (Wildman–Crippen MR) is 75.5 cm³/mol. The second-order valence-corrected chi connectivity index (χ2v) is 3.36. The van der Waals surface area contributed by atoms with E-state index in [1.807, 2.05) is 0 Å². The zero-order valence-corrected chi connectivity index (χ0v) is 12.1. The summed E-state index contributed by atoms with van der Waals surface area (Å²) in [6, 6.07) is 0. The van der Waals surface area contributed by atoms with Crippen molar-refractivity contribution in [2.75, 3.05) is 26.7 Å². The molecule has 0 spiro atoms. The summed E-state index contributed by atoms with van der Waals surface area (Å²) in [5.74, 6) is 0. The normalized spacial score (nSPS) is 8.19. The van der Waals surface area contributed by atoms with E-state index in [4.69, 9.17) is 4.79 Å². The first-order valence-corrected chi connectivity index (χ1v) is 5.86. The SMILES string of the molecule is CCN(CC)CC.CNC(=O)S.NC(=O)S. The maximum absolute atomic E-state index is 9.57. The quantitative estimate of drug-likeness (QED) is 0.588. The van der Waals surface area contributed by atoms with Crippen LogP contribution in [-0.2, 0) is 0 Å². The molecule has 0 fully saturated rings. The Bertz CT molecular complexity index is 167. The summed E-state index contributed by atoms with van der Waals surface area (Å²) >= 11 is 6.45. The maximum atomic E-state index is 9.57. The van der Waals surface area contributed by atoms with E-state index in [-0.39, 0.29) is 5.24 Å². The van der Waals surface area contributed by atoms with E-state index in [1.165, 1.54) is 26.7 Å². The summed E-state index contributed by atoms with van der Waals surface area (Å²) in [6.45, 7) is 10.1. The minimum absolute atomic E-state index is 0.301. The van der Waals surface area contributed by atoms with Gasteiger partial charge in [0.05, 0.1) is 0 Å². The first-order valence-electron chi connectivity index (χ1n) is 4.96. The van der Waals surface area contributed by atoms with Gasteiger partial charge in [0.1, 0.15) is 0 Å². The first-order chi connectivity index (χ1) is 7.35. The standard InChI is InChI=1S/C6H15N.C2H5NOS.CH3NOS/c1-4-7(5-2)6-3;1-3-2(4)5;2-1(3)4/h4-6H2,1-3H3;1H3,(H2,3,4,5);(H3,2,3,4). The molecule has 5 nitrogen and oxygen atoms in total. The molecule has 0 radical (unpaired) electrons. The van der Waals surface area contributed by atoms with Crippen molar-refractivity contribution in [3.05, 3.63) is 0 Å². The lowest BCUT2D eigenvalue weighted by Gasteiger charge is -2.13. The molecule has 0 unspecified atom stereocenters. The molecule has 0 aromatic rings. The number of nitrogens with one attached hydrogen (secondary N) is 1. The van der Waals surface area contributed by atoms with Crippen LogP contribution in [0.15, 0.2) is 0 Å². The molecule has 2 amide bonds. The van der Waals surface area contributed by atoms with Crippen LogP contribution in [0.3, 0.4) is 0 Å². The fraction of sp³-hybridized carbons (Fsp3) is 0.778. The van der Waals surface area contributed by atoms with Gasteiger partial charge in [-0.15, -0.1) is 0 Å². The van der Waals surface area contributed by atoms with Crippen molar-refractivity contribution in [2.24, 2.45) is 5.73 Å². The number of primary amides is 1. The highest BCUT2D eigenvalue weighted by atomic mass is 32.1. The maximum Gasteiger partial charge on any atom is 0.275 e. The molecule has 0 atom stereocenters. The van der Waals surface area contributed by atoms with E-state index < -0.39 is 5.24 Å². The molecule has 0 aromatic carbocycles. The van der Waals surface area contributed by atoms with Crippen molar-refractivity contribution in [2.45, 2.75) is 20.8 Å². The van der Waals surface area contributed by atoms with Gasteiger partial charge in [0.25, 0.3) is 10.5 Å². The zero-order chi connectivity index (χ0) is 13.6. The smallest absolute Gasteiger partial charge is 0.275 e. The van der Waals surface area contributed by atoms with E-state index in [9.17, 15) is 4.79 Å². The summed E-state index contributed by atoms with van der Waals surface area (Å²) in [5.41, 5.74) is 4.34. The lowest BCUT2D eigenvalue weighted by atomic mass is 10.5. The van der Waals surface area contributed by atoms with Gasteiger partial charge in [0.15, 0.2) is 0 Å². The molecule has 0 bridgehead atoms. The van der Waals surface area contributed by atoms with Crippen LogP contribution >= 0.6 is 25.3 Å². The van der Waals surface area contributed by atoms with Gasteiger partial charge >= 0.3 is 0 Å². The highest BCUT2D eigenvalue weighted by Gasteiger charge is 1.89. The monoisotopic (exact) mass is 269 g/mol. The largest absolute Gasteiger partial charge is 0.361 e. The van der Waals surface area contributed by atoms with Crippen molar-refractivity contribution in [3.8, 4) is 0 Å². The molecule has 0 saturated carbocycles. The number of rotatable bonds is 3. The summed E-state index contributed by atoms with van der Waals surface area (Å²) in [7, 11) is 1.52. The lowest BCUT2D eigenvalue weighted by Crippen LogP contribution is -2.21. The second-order valence-electron chi connectivity index (χ2n) is 2.51. The number of nitrogens with zero attached hydrogens (tertiary/aromatic N) is 1. The summed E-state index contributed by atoms with van der Waals surface area (Å²) in [4.78, 5) is 21.0. The first kappa shape index (κ1) is 20.9. The molecule has 98 valence electrons. The Morgan fingerprint density at radius 1 is 1.12 bits per heavy atom. The highest BCUT2D eigenvalue weighted by molar-refractivity contribution is 7.96. The fourth-order valence-electron chi connectivity index (χ4n) is 0.671. The van der Waals surface area contributed by atoms with Crippen LogP contribution < -0.4 is 11.1 Å². The van der Waals surface area contributed by atoms with Crippen LogP contribution in [0.5, 0.6) is 0 Å². The Kier molecular flexibility index (Phi) is 22.3. The van der Waals surface area contributed by atoms with E-state index >= 15 is 0 Å². The average Bonchev–Trinajstić information content (AvgIpc) is 2.20. The molecule has 0 heterocycles.